The first-order valence-electron chi connectivity index (χ1n) is 9.12. The Morgan fingerprint density at radius 1 is 1.19 bits per heavy atom. The molecule has 1 N–H and O–H groups in total. The highest BCUT2D eigenvalue weighted by atomic mass is 15.3. The predicted molar refractivity (Wildman–Crippen MR) is 87.5 cm³/mol. The minimum absolute atomic E-state index is 0.676. The van der Waals surface area contributed by atoms with Crippen molar-refractivity contribution < 1.29 is 0 Å². The van der Waals surface area contributed by atoms with Crippen molar-refractivity contribution in [3.05, 3.63) is 18.0 Å². The summed E-state index contributed by atoms with van der Waals surface area (Å²) in [7, 11) is 0. The average Bonchev–Trinajstić information content (AvgIpc) is 3.16. The molecule has 1 aromatic rings. The van der Waals surface area contributed by atoms with Gasteiger partial charge in [0.1, 0.15) is 0 Å². The van der Waals surface area contributed by atoms with Gasteiger partial charge in [0.05, 0.1) is 11.7 Å². The number of aromatic nitrogens is 2. The van der Waals surface area contributed by atoms with Gasteiger partial charge in [0, 0.05) is 12.2 Å². The maximum atomic E-state index is 4.88. The number of hydrogen-bond acceptors (Lipinski definition) is 2. The van der Waals surface area contributed by atoms with E-state index in [9.17, 15) is 0 Å². The fourth-order valence-corrected chi connectivity index (χ4v) is 4.13. The molecule has 0 spiro atoms. The molecule has 0 aliphatic heterocycles. The standard InChI is InChI=1S/C18H31N3/c1-2-11-19-16-9-8-15(13-16)14-17-10-12-21(20-17)18-6-4-3-5-7-18/h10,12,15-16,18-19H,2-9,11,13-14H2,1H3. The van der Waals surface area contributed by atoms with Crippen molar-refractivity contribution >= 4 is 0 Å². The van der Waals surface area contributed by atoms with Crippen LogP contribution in [-0.2, 0) is 6.42 Å². The van der Waals surface area contributed by atoms with Gasteiger partial charge in [0.15, 0.2) is 0 Å². The molecule has 2 saturated carbocycles. The van der Waals surface area contributed by atoms with Gasteiger partial charge in [-0.1, -0.05) is 26.2 Å². The molecule has 3 nitrogen and oxygen atoms in total. The number of nitrogens with zero attached hydrogens (tertiary/aromatic N) is 2. The van der Waals surface area contributed by atoms with E-state index in [-0.39, 0.29) is 0 Å². The topological polar surface area (TPSA) is 29.9 Å². The molecule has 0 radical (unpaired) electrons. The second kappa shape index (κ2) is 7.44. The van der Waals surface area contributed by atoms with E-state index in [1.807, 2.05) is 0 Å². The van der Waals surface area contributed by atoms with Crippen LogP contribution in [-0.4, -0.2) is 22.4 Å². The van der Waals surface area contributed by atoms with Gasteiger partial charge in [0.25, 0.3) is 0 Å². The molecule has 2 unspecified atom stereocenters. The van der Waals surface area contributed by atoms with E-state index in [1.165, 1.54) is 76.4 Å². The van der Waals surface area contributed by atoms with Crippen LogP contribution in [0.1, 0.15) is 76.4 Å². The summed E-state index contributed by atoms with van der Waals surface area (Å²) >= 11 is 0. The van der Waals surface area contributed by atoms with Gasteiger partial charge < -0.3 is 5.32 Å². The molecule has 2 atom stereocenters. The molecule has 3 heteroatoms. The number of rotatable bonds is 6. The first-order chi connectivity index (χ1) is 10.3. The lowest BCUT2D eigenvalue weighted by Crippen LogP contribution is -2.27. The molecule has 1 heterocycles. The van der Waals surface area contributed by atoms with E-state index in [1.54, 1.807) is 0 Å². The highest BCUT2D eigenvalue weighted by Gasteiger charge is 2.25. The van der Waals surface area contributed by atoms with Crippen LogP contribution < -0.4 is 5.32 Å². The maximum absolute atomic E-state index is 4.88. The zero-order chi connectivity index (χ0) is 14.5. The van der Waals surface area contributed by atoms with Gasteiger partial charge in [-0.15, -0.1) is 0 Å². The van der Waals surface area contributed by atoms with Crippen LogP contribution in [0.5, 0.6) is 0 Å². The molecule has 0 aromatic carbocycles. The lowest BCUT2D eigenvalue weighted by atomic mass is 9.96. The molecule has 2 aliphatic carbocycles. The van der Waals surface area contributed by atoms with Gasteiger partial charge >= 0.3 is 0 Å². The van der Waals surface area contributed by atoms with Crippen LogP contribution in [0.15, 0.2) is 12.3 Å². The van der Waals surface area contributed by atoms with Gasteiger partial charge in [-0.3, -0.25) is 4.68 Å². The van der Waals surface area contributed by atoms with E-state index < -0.39 is 0 Å². The van der Waals surface area contributed by atoms with Crippen molar-refractivity contribution in [2.45, 2.75) is 83.2 Å². The summed E-state index contributed by atoms with van der Waals surface area (Å²) in [6, 6.07) is 3.70. The van der Waals surface area contributed by atoms with Crippen molar-refractivity contribution in [1.82, 2.24) is 15.1 Å². The molecule has 2 fully saturated rings. The smallest absolute Gasteiger partial charge is 0.0627 e. The highest BCUT2D eigenvalue weighted by molar-refractivity contribution is 5.02. The molecular weight excluding hydrogens is 258 g/mol. The summed E-state index contributed by atoms with van der Waals surface area (Å²) in [6.07, 6.45) is 15.6. The van der Waals surface area contributed by atoms with E-state index in [2.05, 4.69) is 29.2 Å². The second-order valence-electron chi connectivity index (χ2n) is 7.11. The van der Waals surface area contributed by atoms with Gasteiger partial charge in [-0.05, 0) is 63.5 Å². The van der Waals surface area contributed by atoms with E-state index >= 15 is 0 Å². The Balaban J connectivity index is 1.48. The SMILES string of the molecule is CCCNC1CCC(Cc2ccn(C3CCCCC3)n2)C1. The Morgan fingerprint density at radius 3 is 2.86 bits per heavy atom. The minimum atomic E-state index is 0.676. The molecule has 0 saturated heterocycles. The van der Waals surface area contributed by atoms with Crippen LogP contribution in [0.2, 0.25) is 0 Å². The third kappa shape index (κ3) is 4.09. The fourth-order valence-electron chi connectivity index (χ4n) is 4.13. The van der Waals surface area contributed by atoms with Crippen molar-refractivity contribution in [1.29, 1.82) is 0 Å². The Hall–Kier alpha value is -0.830. The number of hydrogen-bond donors (Lipinski definition) is 1. The molecule has 0 bridgehead atoms. The monoisotopic (exact) mass is 289 g/mol. The van der Waals surface area contributed by atoms with Crippen LogP contribution >= 0.6 is 0 Å². The summed E-state index contributed by atoms with van der Waals surface area (Å²) in [5.41, 5.74) is 1.32. The summed E-state index contributed by atoms with van der Waals surface area (Å²) < 4.78 is 2.26. The van der Waals surface area contributed by atoms with E-state index in [0.29, 0.717) is 6.04 Å². The lowest BCUT2D eigenvalue weighted by Gasteiger charge is -2.21. The summed E-state index contributed by atoms with van der Waals surface area (Å²) in [4.78, 5) is 0. The van der Waals surface area contributed by atoms with Crippen molar-refractivity contribution in [2.24, 2.45) is 5.92 Å². The normalized spacial score (nSPS) is 27.3. The summed E-state index contributed by atoms with van der Waals surface area (Å²) in [5, 5.41) is 8.56. The Bertz CT molecular complexity index is 420. The van der Waals surface area contributed by atoms with Crippen LogP contribution in [0, 0.1) is 5.92 Å². The Morgan fingerprint density at radius 2 is 2.05 bits per heavy atom. The zero-order valence-electron chi connectivity index (χ0n) is 13.6. The lowest BCUT2D eigenvalue weighted by molar-refractivity contribution is 0.327. The first kappa shape index (κ1) is 15.1. The molecule has 2 aliphatic rings. The molecular formula is C18H31N3. The first-order valence-corrected chi connectivity index (χ1v) is 9.12. The third-order valence-corrected chi connectivity index (χ3v) is 5.33. The molecule has 1 aromatic heterocycles. The molecule has 0 amide bonds. The largest absolute Gasteiger partial charge is 0.314 e. The highest BCUT2D eigenvalue weighted by Crippen LogP contribution is 2.30. The van der Waals surface area contributed by atoms with Gasteiger partial charge in [-0.2, -0.15) is 5.10 Å². The minimum Gasteiger partial charge on any atom is -0.314 e. The van der Waals surface area contributed by atoms with Crippen molar-refractivity contribution in [2.75, 3.05) is 6.54 Å². The summed E-state index contributed by atoms with van der Waals surface area (Å²) in [6.45, 7) is 3.42. The number of nitrogens with one attached hydrogen (secondary N) is 1. The predicted octanol–water partition coefficient (Wildman–Crippen LogP) is 4.10. The molecule has 3 rings (SSSR count). The van der Waals surface area contributed by atoms with Crippen LogP contribution in [0.4, 0.5) is 0 Å². The van der Waals surface area contributed by atoms with Crippen LogP contribution in [0.3, 0.4) is 0 Å². The van der Waals surface area contributed by atoms with E-state index in [4.69, 9.17) is 5.10 Å². The summed E-state index contributed by atoms with van der Waals surface area (Å²) in [5.74, 6) is 0.842. The zero-order valence-corrected chi connectivity index (χ0v) is 13.6. The maximum Gasteiger partial charge on any atom is 0.0627 e. The fraction of sp³-hybridized carbons (Fsp3) is 0.833. The third-order valence-electron chi connectivity index (χ3n) is 5.33. The molecule has 118 valence electrons. The van der Waals surface area contributed by atoms with Crippen molar-refractivity contribution in [3.8, 4) is 0 Å². The van der Waals surface area contributed by atoms with Gasteiger partial charge in [0.2, 0.25) is 0 Å². The van der Waals surface area contributed by atoms with Crippen molar-refractivity contribution in [3.63, 3.8) is 0 Å². The van der Waals surface area contributed by atoms with Crippen LogP contribution in [0.25, 0.3) is 0 Å². The average molecular weight is 289 g/mol. The van der Waals surface area contributed by atoms with Gasteiger partial charge in [-0.25, -0.2) is 0 Å². The second-order valence-corrected chi connectivity index (χ2v) is 7.11. The molecule has 21 heavy (non-hydrogen) atoms. The quantitative estimate of drug-likeness (QED) is 0.854. The van der Waals surface area contributed by atoms with E-state index in [0.717, 1.165) is 12.0 Å². The Labute approximate surface area is 129 Å². The Kier molecular flexibility index (Phi) is 5.34.